The Bertz CT molecular complexity index is 731. The monoisotopic (exact) mass is 344 g/mol. The summed E-state index contributed by atoms with van der Waals surface area (Å²) in [4.78, 5) is 18.8. The first kappa shape index (κ1) is 15.5. The smallest absolute Gasteiger partial charge is 0.318 e. The third-order valence-electron chi connectivity index (χ3n) is 5.13. The molecular formula is C18H21ClN4O. The number of carbonyl (C=O) groups excluding carboxylic acids is 1. The first-order valence-corrected chi connectivity index (χ1v) is 8.90. The number of carbonyl (C=O) groups is 1. The van der Waals surface area contributed by atoms with Gasteiger partial charge in [-0.15, -0.1) is 0 Å². The molecule has 1 aliphatic carbocycles. The fourth-order valence-electron chi connectivity index (χ4n) is 3.92. The van der Waals surface area contributed by atoms with E-state index in [-0.39, 0.29) is 18.1 Å². The standard InChI is InChI=1S/C18H21ClN4O/c19-16-5-1-4-15-14(16)6-7-17(15)21-18(24)23-9-2-3-13(23)11-22-10-8-20-12-22/h1,4-5,8,10,12-13,17H,2-3,6-7,9,11H2,(H,21,24)/t13-,17+/m0/s1. The molecule has 4 rings (SSSR count). The highest BCUT2D eigenvalue weighted by Crippen LogP contribution is 2.35. The zero-order chi connectivity index (χ0) is 16.5. The molecule has 0 spiro atoms. The van der Waals surface area contributed by atoms with Crippen molar-refractivity contribution >= 4 is 17.6 Å². The van der Waals surface area contributed by atoms with Crippen LogP contribution in [0.1, 0.15) is 36.4 Å². The summed E-state index contributed by atoms with van der Waals surface area (Å²) in [5, 5.41) is 4.03. The van der Waals surface area contributed by atoms with Gasteiger partial charge < -0.3 is 14.8 Å². The molecule has 6 heteroatoms. The largest absolute Gasteiger partial charge is 0.335 e. The van der Waals surface area contributed by atoms with E-state index in [2.05, 4.69) is 16.4 Å². The first-order chi connectivity index (χ1) is 11.7. The number of benzene rings is 1. The Morgan fingerprint density at radius 1 is 1.38 bits per heavy atom. The van der Waals surface area contributed by atoms with Gasteiger partial charge in [-0.25, -0.2) is 9.78 Å². The van der Waals surface area contributed by atoms with E-state index in [1.54, 1.807) is 6.20 Å². The van der Waals surface area contributed by atoms with E-state index >= 15 is 0 Å². The van der Waals surface area contributed by atoms with Crippen molar-refractivity contribution in [1.82, 2.24) is 19.8 Å². The lowest BCUT2D eigenvalue weighted by molar-refractivity contribution is 0.183. The van der Waals surface area contributed by atoms with Crippen LogP contribution in [-0.4, -0.2) is 33.1 Å². The van der Waals surface area contributed by atoms with Crippen molar-refractivity contribution in [1.29, 1.82) is 0 Å². The third-order valence-corrected chi connectivity index (χ3v) is 5.48. The van der Waals surface area contributed by atoms with Gasteiger partial charge in [0.15, 0.2) is 0 Å². The second-order valence-electron chi connectivity index (χ2n) is 6.60. The number of urea groups is 1. The van der Waals surface area contributed by atoms with Gasteiger partial charge in [-0.3, -0.25) is 0 Å². The van der Waals surface area contributed by atoms with Crippen LogP contribution in [0.3, 0.4) is 0 Å². The van der Waals surface area contributed by atoms with E-state index in [9.17, 15) is 4.79 Å². The molecule has 2 atom stereocenters. The number of rotatable bonds is 3. The van der Waals surface area contributed by atoms with E-state index < -0.39 is 0 Å². The van der Waals surface area contributed by atoms with Gasteiger partial charge in [-0.2, -0.15) is 0 Å². The third kappa shape index (κ3) is 2.88. The van der Waals surface area contributed by atoms with Crippen molar-refractivity contribution in [3.8, 4) is 0 Å². The molecule has 1 aromatic carbocycles. The summed E-state index contributed by atoms with van der Waals surface area (Å²) >= 11 is 6.27. The van der Waals surface area contributed by atoms with Crippen LogP contribution in [0.2, 0.25) is 5.02 Å². The van der Waals surface area contributed by atoms with Crippen LogP contribution in [0.4, 0.5) is 4.79 Å². The molecule has 0 bridgehead atoms. The number of likely N-dealkylation sites (tertiary alicyclic amines) is 1. The fourth-order valence-corrected chi connectivity index (χ4v) is 4.20. The molecule has 0 radical (unpaired) electrons. The number of nitrogens with one attached hydrogen (secondary N) is 1. The SMILES string of the molecule is O=C(N[C@@H]1CCc2c(Cl)cccc21)N1CCC[C@H]1Cn1ccnc1. The molecule has 1 N–H and O–H groups in total. The lowest BCUT2D eigenvalue weighted by Gasteiger charge is -2.27. The maximum Gasteiger partial charge on any atom is 0.318 e. The van der Waals surface area contributed by atoms with Crippen LogP contribution in [0.15, 0.2) is 36.9 Å². The number of nitrogens with zero attached hydrogens (tertiary/aromatic N) is 3. The highest BCUT2D eigenvalue weighted by atomic mass is 35.5. The lowest BCUT2D eigenvalue weighted by Crippen LogP contribution is -2.45. The predicted octanol–water partition coefficient (Wildman–Crippen LogP) is 3.40. The molecule has 0 unspecified atom stereocenters. The summed E-state index contributed by atoms with van der Waals surface area (Å²) in [6.07, 6.45) is 9.48. The molecule has 2 aromatic rings. The molecule has 2 heterocycles. The van der Waals surface area contributed by atoms with Crippen molar-refractivity contribution in [3.05, 3.63) is 53.1 Å². The Kier molecular flexibility index (Phi) is 4.19. The van der Waals surface area contributed by atoms with Crippen molar-refractivity contribution in [2.24, 2.45) is 0 Å². The second-order valence-corrected chi connectivity index (χ2v) is 7.00. The minimum absolute atomic E-state index is 0.0374. The van der Waals surface area contributed by atoms with E-state index in [1.165, 1.54) is 11.1 Å². The molecule has 24 heavy (non-hydrogen) atoms. The summed E-state index contributed by atoms with van der Waals surface area (Å²) in [5.74, 6) is 0. The van der Waals surface area contributed by atoms with Gasteiger partial charge in [0.1, 0.15) is 0 Å². The Morgan fingerprint density at radius 2 is 2.29 bits per heavy atom. The molecule has 1 saturated heterocycles. The number of halogens is 1. The Hall–Kier alpha value is -2.01. The highest BCUT2D eigenvalue weighted by molar-refractivity contribution is 6.31. The van der Waals surface area contributed by atoms with Crippen LogP contribution in [0.25, 0.3) is 0 Å². The predicted molar refractivity (Wildman–Crippen MR) is 93.0 cm³/mol. The van der Waals surface area contributed by atoms with Crippen molar-refractivity contribution in [2.75, 3.05) is 6.54 Å². The van der Waals surface area contributed by atoms with Crippen LogP contribution in [0, 0.1) is 0 Å². The molecule has 0 saturated carbocycles. The second kappa shape index (κ2) is 6.48. The average molecular weight is 345 g/mol. The summed E-state index contributed by atoms with van der Waals surface area (Å²) in [7, 11) is 0. The van der Waals surface area contributed by atoms with Gasteiger partial charge >= 0.3 is 6.03 Å². The van der Waals surface area contributed by atoms with Gasteiger partial charge in [0, 0.05) is 30.5 Å². The fraction of sp³-hybridized carbons (Fsp3) is 0.444. The molecule has 1 fully saturated rings. The van der Waals surface area contributed by atoms with Gasteiger partial charge in [-0.05, 0) is 42.9 Å². The molecule has 2 aliphatic rings. The number of amides is 2. The number of aromatic nitrogens is 2. The van der Waals surface area contributed by atoms with Crippen LogP contribution < -0.4 is 5.32 Å². The van der Waals surface area contributed by atoms with Crippen LogP contribution in [0.5, 0.6) is 0 Å². The van der Waals surface area contributed by atoms with Crippen molar-refractivity contribution < 1.29 is 4.79 Å². The van der Waals surface area contributed by atoms with Crippen LogP contribution >= 0.6 is 11.6 Å². The topological polar surface area (TPSA) is 50.2 Å². The number of imidazole rings is 1. The zero-order valence-electron chi connectivity index (χ0n) is 13.5. The van der Waals surface area contributed by atoms with Gasteiger partial charge in [0.2, 0.25) is 0 Å². The Morgan fingerprint density at radius 3 is 3.12 bits per heavy atom. The van der Waals surface area contributed by atoms with E-state index in [1.807, 2.05) is 34.1 Å². The van der Waals surface area contributed by atoms with E-state index in [0.717, 1.165) is 43.8 Å². The highest BCUT2D eigenvalue weighted by Gasteiger charge is 2.32. The maximum atomic E-state index is 12.8. The van der Waals surface area contributed by atoms with Crippen LogP contribution in [-0.2, 0) is 13.0 Å². The summed E-state index contributed by atoms with van der Waals surface area (Å²) < 4.78 is 2.04. The molecule has 126 valence electrons. The van der Waals surface area contributed by atoms with Crippen molar-refractivity contribution in [2.45, 2.75) is 44.3 Å². The summed E-state index contributed by atoms with van der Waals surface area (Å²) in [5.41, 5.74) is 2.35. The van der Waals surface area contributed by atoms with Crippen molar-refractivity contribution in [3.63, 3.8) is 0 Å². The Labute approximate surface area is 146 Å². The molecule has 5 nitrogen and oxygen atoms in total. The maximum absolute atomic E-state index is 12.8. The number of fused-ring (bicyclic) bond motifs is 1. The minimum Gasteiger partial charge on any atom is -0.335 e. The van der Waals surface area contributed by atoms with Gasteiger partial charge in [-0.1, -0.05) is 23.7 Å². The lowest BCUT2D eigenvalue weighted by atomic mass is 10.1. The van der Waals surface area contributed by atoms with Gasteiger partial charge in [0.05, 0.1) is 18.4 Å². The molecule has 2 amide bonds. The van der Waals surface area contributed by atoms with E-state index in [0.29, 0.717) is 0 Å². The molecule has 1 aliphatic heterocycles. The van der Waals surface area contributed by atoms with E-state index in [4.69, 9.17) is 11.6 Å². The Balaban J connectivity index is 1.44. The summed E-state index contributed by atoms with van der Waals surface area (Å²) in [6.45, 7) is 1.63. The normalized spacial score (nSPS) is 22.6. The quantitative estimate of drug-likeness (QED) is 0.927. The summed E-state index contributed by atoms with van der Waals surface area (Å²) in [6, 6.07) is 6.30. The minimum atomic E-state index is 0.0374. The van der Waals surface area contributed by atoms with Gasteiger partial charge in [0.25, 0.3) is 0 Å². The molecule has 1 aromatic heterocycles. The first-order valence-electron chi connectivity index (χ1n) is 8.52. The number of hydrogen-bond acceptors (Lipinski definition) is 2. The molecular weight excluding hydrogens is 324 g/mol. The average Bonchev–Trinajstić information content (AvgIpc) is 3.30. The number of hydrogen-bond donors (Lipinski definition) is 1. The zero-order valence-corrected chi connectivity index (χ0v) is 14.2.